The lowest BCUT2D eigenvalue weighted by Gasteiger charge is -2.28. The standard InChI is InChI=1S/C20H30Cl3N3O2S/c1-3-4-5-6-7-8-9-14-17(27)25-18(20(21,22)23)26-19(29)24-15-12-10-11-13-16(15)28-2/h10-13,18H,3-9,14H2,1-2H3,(H,25,27)(H2,24,26,29). The lowest BCUT2D eigenvalue weighted by Crippen LogP contribution is -2.56. The molecule has 1 aromatic carbocycles. The number of halogens is 3. The van der Waals surface area contributed by atoms with Gasteiger partial charge >= 0.3 is 0 Å². The van der Waals surface area contributed by atoms with Crippen LogP contribution in [0.5, 0.6) is 5.75 Å². The van der Waals surface area contributed by atoms with Crippen molar-refractivity contribution >= 4 is 63.7 Å². The molecule has 1 unspecified atom stereocenters. The molecule has 29 heavy (non-hydrogen) atoms. The number of thiocarbonyl (C=S) groups is 1. The third-order valence-corrected chi connectivity index (χ3v) is 5.15. The number of amides is 1. The van der Waals surface area contributed by atoms with Crippen molar-refractivity contribution in [1.82, 2.24) is 10.6 Å². The van der Waals surface area contributed by atoms with Crippen molar-refractivity contribution < 1.29 is 9.53 Å². The Morgan fingerprint density at radius 1 is 1.07 bits per heavy atom. The molecular formula is C20H30Cl3N3O2S. The van der Waals surface area contributed by atoms with E-state index in [9.17, 15) is 4.79 Å². The zero-order valence-electron chi connectivity index (χ0n) is 16.9. The summed E-state index contributed by atoms with van der Waals surface area (Å²) in [5.74, 6) is 0.424. The van der Waals surface area contributed by atoms with E-state index in [1.54, 1.807) is 19.2 Å². The van der Waals surface area contributed by atoms with Gasteiger partial charge in [-0.3, -0.25) is 4.79 Å². The van der Waals surface area contributed by atoms with Gasteiger partial charge in [0.15, 0.2) is 5.11 Å². The van der Waals surface area contributed by atoms with Gasteiger partial charge < -0.3 is 20.7 Å². The molecule has 1 atom stereocenters. The van der Waals surface area contributed by atoms with Crippen LogP contribution in [0.15, 0.2) is 24.3 Å². The molecule has 0 aliphatic heterocycles. The molecular weight excluding hydrogens is 453 g/mol. The average Bonchev–Trinajstić information content (AvgIpc) is 2.66. The Morgan fingerprint density at radius 3 is 2.31 bits per heavy atom. The van der Waals surface area contributed by atoms with Gasteiger partial charge in [-0.2, -0.15) is 0 Å². The Labute approximate surface area is 194 Å². The fraction of sp³-hybridized carbons (Fsp3) is 0.600. The predicted octanol–water partition coefficient (Wildman–Crippen LogP) is 5.93. The van der Waals surface area contributed by atoms with Gasteiger partial charge in [-0.15, -0.1) is 0 Å². The molecule has 1 rings (SSSR count). The fourth-order valence-electron chi connectivity index (χ4n) is 2.71. The highest BCUT2D eigenvalue weighted by atomic mass is 35.6. The Kier molecular flexibility index (Phi) is 12.7. The fourth-order valence-corrected chi connectivity index (χ4v) is 3.27. The second kappa shape index (κ2) is 14.1. The number of methoxy groups -OCH3 is 1. The maximum atomic E-state index is 12.3. The highest BCUT2D eigenvalue weighted by molar-refractivity contribution is 7.80. The van der Waals surface area contributed by atoms with Gasteiger partial charge in [-0.25, -0.2) is 0 Å². The van der Waals surface area contributed by atoms with E-state index < -0.39 is 9.96 Å². The number of carbonyl (C=O) groups is 1. The molecule has 0 bridgehead atoms. The zero-order valence-corrected chi connectivity index (χ0v) is 20.0. The monoisotopic (exact) mass is 481 g/mol. The molecule has 1 aromatic rings. The van der Waals surface area contributed by atoms with E-state index in [1.807, 2.05) is 12.1 Å². The SMILES string of the molecule is CCCCCCCCCC(=O)NC(NC(=S)Nc1ccccc1OC)C(Cl)(Cl)Cl. The molecule has 0 heterocycles. The molecule has 0 spiro atoms. The van der Waals surface area contributed by atoms with Crippen molar-refractivity contribution in [2.24, 2.45) is 0 Å². The number of benzene rings is 1. The van der Waals surface area contributed by atoms with Crippen LogP contribution >= 0.6 is 47.0 Å². The molecule has 3 N–H and O–H groups in total. The number of para-hydroxylation sites is 2. The van der Waals surface area contributed by atoms with Crippen LogP contribution in [0.2, 0.25) is 0 Å². The van der Waals surface area contributed by atoms with Crippen LogP contribution in [0, 0.1) is 0 Å². The molecule has 0 saturated heterocycles. The van der Waals surface area contributed by atoms with Crippen molar-refractivity contribution in [2.75, 3.05) is 12.4 Å². The molecule has 9 heteroatoms. The largest absolute Gasteiger partial charge is 0.495 e. The lowest BCUT2D eigenvalue weighted by molar-refractivity contribution is -0.122. The minimum atomic E-state index is -1.78. The van der Waals surface area contributed by atoms with E-state index in [0.29, 0.717) is 17.9 Å². The maximum Gasteiger partial charge on any atom is 0.228 e. The third-order valence-electron chi connectivity index (χ3n) is 4.27. The van der Waals surface area contributed by atoms with Crippen LogP contribution in [-0.4, -0.2) is 28.1 Å². The van der Waals surface area contributed by atoms with Gasteiger partial charge in [0.25, 0.3) is 0 Å². The van der Waals surface area contributed by atoms with Crippen molar-refractivity contribution in [3.8, 4) is 5.75 Å². The molecule has 164 valence electrons. The number of alkyl halides is 3. The summed E-state index contributed by atoms with van der Waals surface area (Å²) < 4.78 is 3.50. The van der Waals surface area contributed by atoms with Gasteiger partial charge in [0.05, 0.1) is 12.8 Å². The molecule has 0 aliphatic rings. The predicted molar refractivity (Wildman–Crippen MR) is 127 cm³/mol. The molecule has 0 fully saturated rings. The highest BCUT2D eigenvalue weighted by Gasteiger charge is 2.34. The highest BCUT2D eigenvalue weighted by Crippen LogP contribution is 2.29. The summed E-state index contributed by atoms with van der Waals surface area (Å²) in [6.45, 7) is 2.19. The van der Waals surface area contributed by atoms with Gasteiger partial charge in [-0.05, 0) is 30.8 Å². The topological polar surface area (TPSA) is 62.4 Å². The Hall–Kier alpha value is -0.950. The minimum absolute atomic E-state index is 0.192. The van der Waals surface area contributed by atoms with Crippen molar-refractivity contribution in [3.05, 3.63) is 24.3 Å². The molecule has 0 aromatic heterocycles. The smallest absolute Gasteiger partial charge is 0.228 e. The van der Waals surface area contributed by atoms with Crippen LogP contribution in [0.25, 0.3) is 0 Å². The number of anilines is 1. The lowest BCUT2D eigenvalue weighted by atomic mass is 10.1. The van der Waals surface area contributed by atoms with E-state index in [0.717, 1.165) is 19.3 Å². The third kappa shape index (κ3) is 11.1. The first-order chi connectivity index (χ1) is 13.8. The van der Waals surface area contributed by atoms with Crippen molar-refractivity contribution in [1.29, 1.82) is 0 Å². The van der Waals surface area contributed by atoms with Gasteiger partial charge in [0, 0.05) is 6.42 Å². The Balaban J connectivity index is 2.49. The molecule has 0 radical (unpaired) electrons. The number of rotatable bonds is 12. The van der Waals surface area contributed by atoms with Crippen molar-refractivity contribution in [2.45, 2.75) is 68.2 Å². The van der Waals surface area contributed by atoms with E-state index in [1.165, 1.54) is 25.7 Å². The summed E-state index contributed by atoms with van der Waals surface area (Å²) in [6.07, 6.45) is 7.28. The number of nitrogens with one attached hydrogen (secondary N) is 3. The first-order valence-electron chi connectivity index (χ1n) is 9.84. The zero-order chi connectivity index (χ0) is 21.7. The van der Waals surface area contributed by atoms with Crippen LogP contribution in [0.1, 0.15) is 58.3 Å². The van der Waals surface area contributed by atoms with E-state index in [-0.39, 0.29) is 11.0 Å². The van der Waals surface area contributed by atoms with Gasteiger partial charge in [0.2, 0.25) is 9.70 Å². The number of ether oxygens (including phenoxy) is 1. The van der Waals surface area contributed by atoms with Gasteiger partial charge in [-0.1, -0.05) is 92.4 Å². The van der Waals surface area contributed by atoms with E-state index in [4.69, 9.17) is 51.8 Å². The van der Waals surface area contributed by atoms with Crippen LogP contribution in [0.4, 0.5) is 5.69 Å². The molecule has 1 amide bonds. The summed E-state index contributed by atoms with van der Waals surface area (Å²) in [5.41, 5.74) is 0.657. The molecule has 0 saturated carbocycles. The molecule has 0 aliphatic carbocycles. The minimum Gasteiger partial charge on any atom is -0.495 e. The second-order valence-corrected chi connectivity index (χ2v) is 9.49. The van der Waals surface area contributed by atoms with Crippen LogP contribution in [0.3, 0.4) is 0 Å². The van der Waals surface area contributed by atoms with Crippen molar-refractivity contribution in [3.63, 3.8) is 0 Å². The first-order valence-corrected chi connectivity index (χ1v) is 11.4. The number of hydrogen-bond donors (Lipinski definition) is 3. The normalized spacial score (nSPS) is 12.2. The van der Waals surface area contributed by atoms with Crippen LogP contribution < -0.4 is 20.7 Å². The Bertz CT molecular complexity index is 642. The number of unbranched alkanes of at least 4 members (excludes halogenated alkanes) is 6. The van der Waals surface area contributed by atoms with E-state index in [2.05, 4.69) is 22.9 Å². The average molecular weight is 483 g/mol. The maximum absolute atomic E-state index is 12.3. The van der Waals surface area contributed by atoms with Crippen LogP contribution in [-0.2, 0) is 4.79 Å². The quantitative estimate of drug-likeness (QED) is 0.149. The number of hydrogen-bond acceptors (Lipinski definition) is 3. The summed E-state index contributed by atoms with van der Waals surface area (Å²) in [5, 5.41) is 8.74. The summed E-state index contributed by atoms with van der Waals surface area (Å²) in [7, 11) is 1.56. The second-order valence-electron chi connectivity index (χ2n) is 6.71. The summed E-state index contributed by atoms with van der Waals surface area (Å²) in [6, 6.07) is 7.27. The van der Waals surface area contributed by atoms with Gasteiger partial charge in [0.1, 0.15) is 11.9 Å². The van der Waals surface area contributed by atoms with E-state index >= 15 is 0 Å². The summed E-state index contributed by atoms with van der Waals surface area (Å²) >= 11 is 23.4. The molecule has 5 nitrogen and oxygen atoms in total. The number of carbonyl (C=O) groups excluding carboxylic acids is 1. The Morgan fingerprint density at radius 2 is 1.69 bits per heavy atom. The summed E-state index contributed by atoms with van der Waals surface area (Å²) in [4.78, 5) is 12.3. The first kappa shape index (κ1) is 26.1.